The lowest BCUT2D eigenvalue weighted by atomic mass is 10.2. The smallest absolute Gasteiger partial charge is 0.0416 e. The van der Waals surface area contributed by atoms with Gasteiger partial charge in [0.1, 0.15) is 0 Å². The molecule has 0 bridgehead atoms. The maximum atomic E-state index is 3.92. The van der Waals surface area contributed by atoms with Gasteiger partial charge in [0, 0.05) is 11.9 Å². The summed E-state index contributed by atoms with van der Waals surface area (Å²) in [5, 5.41) is 0. The molecule has 0 fully saturated rings. The van der Waals surface area contributed by atoms with E-state index in [1.807, 2.05) is 12.3 Å². The Morgan fingerprint density at radius 2 is 2.50 bits per heavy atom. The van der Waals surface area contributed by atoms with Crippen LogP contribution in [-0.4, -0.2) is 5.71 Å². The van der Waals surface area contributed by atoms with Crippen molar-refractivity contribution in [1.29, 1.82) is 0 Å². The van der Waals surface area contributed by atoms with E-state index in [1.165, 1.54) is 5.71 Å². The fourth-order valence-electron chi connectivity index (χ4n) is 0.389. The normalized spacial score (nSPS) is 16.5. The Bertz CT molecular complexity index is 101. The molecule has 1 aliphatic rings. The van der Waals surface area contributed by atoms with Crippen molar-refractivity contribution in [2.45, 2.75) is 13.3 Å². The zero-order chi connectivity index (χ0) is 4.41. The first-order chi connectivity index (χ1) is 2.93. The zero-order valence-electron chi connectivity index (χ0n) is 3.81. The van der Waals surface area contributed by atoms with Crippen molar-refractivity contribution in [3.63, 3.8) is 0 Å². The molecule has 0 saturated carbocycles. The standard InChI is InChI=1S/C5H7N/c1-2-5-3-4-6-5/h3-4H,2H2,1H3. The van der Waals surface area contributed by atoms with Crippen LogP contribution < -0.4 is 0 Å². The molecular formula is C5H7N. The van der Waals surface area contributed by atoms with Crippen LogP contribution in [-0.2, 0) is 0 Å². The van der Waals surface area contributed by atoms with Gasteiger partial charge in [0.05, 0.1) is 0 Å². The highest BCUT2D eigenvalue weighted by Gasteiger charge is 1.91. The molecule has 0 aromatic heterocycles. The molecule has 0 aromatic rings. The van der Waals surface area contributed by atoms with Crippen LogP contribution >= 0.6 is 0 Å². The Labute approximate surface area is 37.4 Å². The first kappa shape index (κ1) is 3.59. The number of aliphatic imine (C=N–C) groups is 1. The van der Waals surface area contributed by atoms with E-state index in [0.717, 1.165) is 6.42 Å². The molecule has 1 heteroatoms. The third kappa shape index (κ3) is 0.361. The van der Waals surface area contributed by atoms with E-state index in [-0.39, 0.29) is 0 Å². The van der Waals surface area contributed by atoms with Gasteiger partial charge in [-0.3, -0.25) is 4.99 Å². The fraction of sp³-hybridized carbons (Fsp3) is 0.400. The summed E-state index contributed by atoms with van der Waals surface area (Å²) in [5.41, 5.74) is 1.22. The summed E-state index contributed by atoms with van der Waals surface area (Å²) >= 11 is 0. The van der Waals surface area contributed by atoms with Crippen molar-refractivity contribution in [1.82, 2.24) is 0 Å². The predicted octanol–water partition coefficient (Wildman–Crippen LogP) is 1.36. The molecule has 6 heavy (non-hydrogen) atoms. The molecular weight excluding hydrogens is 74.1 g/mol. The zero-order valence-corrected chi connectivity index (χ0v) is 3.81. The summed E-state index contributed by atoms with van der Waals surface area (Å²) < 4.78 is 0. The van der Waals surface area contributed by atoms with Crippen LogP contribution in [0.3, 0.4) is 0 Å². The average Bonchev–Trinajstić information content (AvgIpc) is 1.31. The Kier molecular flexibility index (Phi) is 0.748. The van der Waals surface area contributed by atoms with Crippen molar-refractivity contribution >= 4 is 5.71 Å². The van der Waals surface area contributed by atoms with Gasteiger partial charge in [0.2, 0.25) is 0 Å². The number of hydrogen-bond acceptors (Lipinski definition) is 1. The minimum absolute atomic E-state index is 1.08. The lowest BCUT2D eigenvalue weighted by Crippen LogP contribution is -1.94. The van der Waals surface area contributed by atoms with Crippen LogP contribution in [0.25, 0.3) is 0 Å². The largest absolute Gasteiger partial charge is 0.261 e. The predicted molar refractivity (Wildman–Crippen MR) is 26.9 cm³/mol. The molecule has 0 saturated heterocycles. The second kappa shape index (κ2) is 1.25. The van der Waals surface area contributed by atoms with Crippen molar-refractivity contribution in [3.8, 4) is 0 Å². The highest BCUT2D eigenvalue weighted by atomic mass is 14.7. The van der Waals surface area contributed by atoms with Crippen LogP contribution in [0.2, 0.25) is 0 Å². The quantitative estimate of drug-likeness (QED) is 0.452. The van der Waals surface area contributed by atoms with Gasteiger partial charge < -0.3 is 0 Å². The maximum absolute atomic E-state index is 3.92. The van der Waals surface area contributed by atoms with Crippen molar-refractivity contribution in [2.75, 3.05) is 0 Å². The second-order valence-electron chi connectivity index (χ2n) is 1.29. The van der Waals surface area contributed by atoms with Gasteiger partial charge in [-0.15, -0.1) is 0 Å². The van der Waals surface area contributed by atoms with Gasteiger partial charge in [-0.2, -0.15) is 0 Å². The van der Waals surface area contributed by atoms with Gasteiger partial charge >= 0.3 is 0 Å². The second-order valence-corrected chi connectivity index (χ2v) is 1.29. The van der Waals surface area contributed by atoms with Gasteiger partial charge in [-0.05, 0) is 12.5 Å². The van der Waals surface area contributed by atoms with Crippen molar-refractivity contribution < 1.29 is 0 Å². The molecule has 0 atom stereocenters. The minimum Gasteiger partial charge on any atom is -0.261 e. The Morgan fingerprint density at radius 1 is 1.83 bits per heavy atom. The molecule has 0 spiro atoms. The van der Waals surface area contributed by atoms with E-state index in [2.05, 4.69) is 11.9 Å². The molecule has 0 aliphatic carbocycles. The van der Waals surface area contributed by atoms with Crippen LogP contribution in [0.5, 0.6) is 0 Å². The Morgan fingerprint density at radius 3 is 2.50 bits per heavy atom. The number of allylic oxidation sites excluding steroid dienone is 1. The lowest BCUT2D eigenvalue weighted by Gasteiger charge is -1.97. The summed E-state index contributed by atoms with van der Waals surface area (Å²) in [7, 11) is 0. The summed E-state index contributed by atoms with van der Waals surface area (Å²) in [6, 6.07) is 0. The summed E-state index contributed by atoms with van der Waals surface area (Å²) in [5.74, 6) is 0. The van der Waals surface area contributed by atoms with E-state index in [4.69, 9.17) is 0 Å². The topological polar surface area (TPSA) is 12.4 Å². The molecule has 1 rings (SSSR count). The van der Waals surface area contributed by atoms with Gasteiger partial charge in [0.15, 0.2) is 0 Å². The molecule has 0 radical (unpaired) electrons. The summed E-state index contributed by atoms with van der Waals surface area (Å²) in [4.78, 5) is 3.92. The van der Waals surface area contributed by atoms with E-state index >= 15 is 0 Å². The van der Waals surface area contributed by atoms with Crippen LogP contribution in [0.15, 0.2) is 17.3 Å². The van der Waals surface area contributed by atoms with E-state index in [1.54, 1.807) is 0 Å². The van der Waals surface area contributed by atoms with Gasteiger partial charge in [-0.25, -0.2) is 0 Å². The summed E-state index contributed by atoms with van der Waals surface area (Å²) in [6.07, 6.45) is 4.93. The highest BCUT2D eigenvalue weighted by molar-refractivity contribution is 5.99. The molecule has 1 heterocycles. The van der Waals surface area contributed by atoms with Crippen LogP contribution in [0.1, 0.15) is 13.3 Å². The molecule has 32 valence electrons. The number of nitrogens with zero attached hydrogens (tertiary/aromatic N) is 1. The number of hydrogen-bond donors (Lipinski definition) is 0. The van der Waals surface area contributed by atoms with Gasteiger partial charge in [-0.1, -0.05) is 6.92 Å². The Hall–Kier alpha value is -0.590. The molecule has 0 N–H and O–H groups in total. The monoisotopic (exact) mass is 81.1 g/mol. The third-order valence-electron chi connectivity index (χ3n) is 0.870. The van der Waals surface area contributed by atoms with Crippen molar-refractivity contribution in [3.05, 3.63) is 12.3 Å². The number of rotatable bonds is 1. The SMILES string of the molecule is CCC1=NC=C1. The minimum atomic E-state index is 1.08. The fourth-order valence-corrected chi connectivity index (χ4v) is 0.389. The molecule has 0 amide bonds. The van der Waals surface area contributed by atoms with E-state index in [9.17, 15) is 0 Å². The van der Waals surface area contributed by atoms with E-state index < -0.39 is 0 Å². The molecule has 1 aliphatic heterocycles. The molecule has 0 aromatic carbocycles. The average molecular weight is 81.1 g/mol. The van der Waals surface area contributed by atoms with Crippen molar-refractivity contribution in [2.24, 2.45) is 4.99 Å². The lowest BCUT2D eigenvalue weighted by molar-refractivity contribution is 1.25. The molecule has 0 unspecified atom stereocenters. The summed E-state index contributed by atoms with van der Waals surface area (Å²) in [6.45, 7) is 2.10. The Balaban J connectivity index is 2.37. The highest BCUT2D eigenvalue weighted by Crippen LogP contribution is 1.97. The first-order valence-electron chi connectivity index (χ1n) is 2.16. The van der Waals surface area contributed by atoms with Gasteiger partial charge in [0.25, 0.3) is 0 Å². The van der Waals surface area contributed by atoms with E-state index in [0.29, 0.717) is 0 Å². The maximum Gasteiger partial charge on any atom is 0.0416 e. The molecule has 1 nitrogen and oxygen atoms in total. The van der Waals surface area contributed by atoms with Crippen LogP contribution in [0, 0.1) is 0 Å². The first-order valence-corrected chi connectivity index (χ1v) is 2.16. The third-order valence-corrected chi connectivity index (χ3v) is 0.870. The van der Waals surface area contributed by atoms with Crippen LogP contribution in [0.4, 0.5) is 0 Å².